The second-order valence-electron chi connectivity index (χ2n) is 7.21. The van der Waals surface area contributed by atoms with Gasteiger partial charge in [0.1, 0.15) is 6.61 Å². The number of carbonyl (C=O) groups is 2. The van der Waals surface area contributed by atoms with Crippen LogP contribution in [0.3, 0.4) is 0 Å². The molecule has 0 saturated carbocycles. The zero-order valence-corrected chi connectivity index (χ0v) is 17.4. The van der Waals surface area contributed by atoms with Gasteiger partial charge in [-0.3, -0.25) is 4.79 Å². The summed E-state index contributed by atoms with van der Waals surface area (Å²) in [6.45, 7) is 1.96. The molecule has 32 heavy (non-hydrogen) atoms. The number of piperazine rings is 1. The van der Waals surface area contributed by atoms with E-state index < -0.39 is 24.9 Å². The third kappa shape index (κ3) is 6.64. The summed E-state index contributed by atoms with van der Waals surface area (Å²) in [6, 6.07) is 7.53. The highest BCUT2D eigenvalue weighted by molar-refractivity contribution is 5.92. The van der Waals surface area contributed by atoms with Crippen molar-refractivity contribution >= 4 is 17.8 Å². The maximum Gasteiger partial charge on any atom is 0.411 e. The van der Waals surface area contributed by atoms with Crippen LogP contribution in [0.5, 0.6) is 0 Å². The van der Waals surface area contributed by atoms with Gasteiger partial charge in [-0.15, -0.1) is 0 Å². The van der Waals surface area contributed by atoms with E-state index in [2.05, 4.69) is 14.7 Å². The van der Waals surface area contributed by atoms with Gasteiger partial charge in [0.25, 0.3) is 5.91 Å². The van der Waals surface area contributed by atoms with E-state index >= 15 is 0 Å². The number of hydrogen-bond donors (Lipinski definition) is 0. The summed E-state index contributed by atoms with van der Waals surface area (Å²) in [4.78, 5) is 37.0. The molecule has 0 bridgehead atoms. The summed E-state index contributed by atoms with van der Waals surface area (Å²) in [5.74, 6) is -0.389. The standard InChI is InChI=1S/C21H23F3N4O4/c1-15(18(29)27-9-11-28(12-10-27)20-25-7-2-8-26-20)32-19(30)17-5-3-16(4-6-17)13-31-14-21(22,23)24/h2-8,15H,9-14H2,1H3. The predicted octanol–water partition coefficient (Wildman–Crippen LogP) is 2.45. The highest BCUT2D eigenvalue weighted by Crippen LogP contribution is 2.16. The van der Waals surface area contributed by atoms with Crippen LogP contribution >= 0.6 is 0 Å². The van der Waals surface area contributed by atoms with E-state index in [9.17, 15) is 22.8 Å². The van der Waals surface area contributed by atoms with Gasteiger partial charge in [0.05, 0.1) is 12.2 Å². The fourth-order valence-corrected chi connectivity index (χ4v) is 3.14. The molecule has 0 radical (unpaired) electrons. The monoisotopic (exact) mass is 452 g/mol. The SMILES string of the molecule is CC(OC(=O)c1ccc(COCC(F)(F)F)cc1)C(=O)N1CCN(c2ncccn2)CC1. The molecular formula is C21H23F3N4O4. The molecule has 0 spiro atoms. The lowest BCUT2D eigenvalue weighted by atomic mass is 10.1. The lowest BCUT2D eigenvalue weighted by Gasteiger charge is -2.35. The van der Waals surface area contributed by atoms with Crippen LogP contribution in [0.15, 0.2) is 42.7 Å². The van der Waals surface area contributed by atoms with Crippen LogP contribution < -0.4 is 4.90 Å². The Kier molecular flexibility index (Phi) is 7.62. The fourth-order valence-electron chi connectivity index (χ4n) is 3.14. The highest BCUT2D eigenvalue weighted by atomic mass is 19.4. The average molecular weight is 452 g/mol. The Balaban J connectivity index is 1.46. The maximum atomic E-state index is 12.7. The van der Waals surface area contributed by atoms with E-state index in [1.165, 1.54) is 31.2 Å². The second kappa shape index (κ2) is 10.4. The minimum atomic E-state index is -4.39. The zero-order valence-electron chi connectivity index (χ0n) is 17.4. The molecule has 1 aromatic carbocycles. The first kappa shape index (κ1) is 23.5. The summed E-state index contributed by atoms with van der Waals surface area (Å²) >= 11 is 0. The number of alkyl halides is 3. The van der Waals surface area contributed by atoms with E-state index in [1.54, 1.807) is 23.4 Å². The molecule has 11 heteroatoms. The van der Waals surface area contributed by atoms with E-state index in [0.717, 1.165) is 0 Å². The summed E-state index contributed by atoms with van der Waals surface area (Å²) in [6.07, 6.45) is -2.06. The first-order valence-electron chi connectivity index (χ1n) is 9.98. The number of rotatable bonds is 7. The Morgan fingerprint density at radius 1 is 1.06 bits per heavy atom. The molecule has 0 N–H and O–H groups in total. The Bertz CT molecular complexity index is 902. The van der Waals surface area contributed by atoms with Crippen LogP contribution in [0, 0.1) is 0 Å². The first-order valence-corrected chi connectivity index (χ1v) is 9.98. The number of halogens is 3. The Morgan fingerprint density at radius 2 is 1.69 bits per heavy atom. The maximum absolute atomic E-state index is 12.7. The minimum absolute atomic E-state index is 0.190. The van der Waals surface area contributed by atoms with Crippen molar-refractivity contribution in [1.82, 2.24) is 14.9 Å². The zero-order chi connectivity index (χ0) is 23.1. The number of benzene rings is 1. The molecule has 172 valence electrons. The number of esters is 1. The molecular weight excluding hydrogens is 429 g/mol. The van der Waals surface area contributed by atoms with Gasteiger partial charge < -0.3 is 19.3 Å². The molecule has 1 unspecified atom stereocenters. The number of aromatic nitrogens is 2. The third-order valence-electron chi connectivity index (χ3n) is 4.78. The van der Waals surface area contributed by atoms with Gasteiger partial charge in [-0.2, -0.15) is 13.2 Å². The number of carbonyl (C=O) groups excluding carboxylic acids is 2. The van der Waals surface area contributed by atoms with Crippen LogP contribution in [0.4, 0.5) is 19.1 Å². The summed E-state index contributed by atoms with van der Waals surface area (Å²) < 4.78 is 46.2. The van der Waals surface area contributed by atoms with Gasteiger partial charge in [0.2, 0.25) is 5.95 Å². The van der Waals surface area contributed by atoms with E-state index in [0.29, 0.717) is 37.7 Å². The van der Waals surface area contributed by atoms with Gasteiger partial charge in [0.15, 0.2) is 6.10 Å². The van der Waals surface area contributed by atoms with Gasteiger partial charge in [0, 0.05) is 38.6 Å². The van der Waals surface area contributed by atoms with Gasteiger partial charge in [-0.05, 0) is 30.7 Å². The molecule has 1 amide bonds. The molecule has 0 aliphatic carbocycles. The average Bonchev–Trinajstić information content (AvgIpc) is 2.79. The Morgan fingerprint density at radius 3 is 2.28 bits per heavy atom. The normalized spacial score (nSPS) is 15.4. The molecule has 1 aliphatic rings. The van der Waals surface area contributed by atoms with E-state index in [1.807, 2.05) is 4.90 Å². The van der Waals surface area contributed by atoms with Crippen molar-refractivity contribution in [2.75, 3.05) is 37.7 Å². The highest BCUT2D eigenvalue weighted by Gasteiger charge is 2.29. The summed E-state index contributed by atoms with van der Waals surface area (Å²) in [5, 5.41) is 0. The largest absolute Gasteiger partial charge is 0.449 e. The lowest BCUT2D eigenvalue weighted by Crippen LogP contribution is -2.52. The topological polar surface area (TPSA) is 84.9 Å². The summed E-state index contributed by atoms with van der Waals surface area (Å²) in [5.41, 5.74) is 0.672. The van der Waals surface area contributed by atoms with Crippen LogP contribution in [0.2, 0.25) is 0 Å². The summed E-state index contributed by atoms with van der Waals surface area (Å²) in [7, 11) is 0. The second-order valence-corrected chi connectivity index (χ2v) is 7.21. The van der Waals surface area contributed by atoms with Crippen molar-refractivity contribution in [2.24, 2.45) is 0 Å². The van der Waals surface area contributed by atoms with E-state index in [-0.39, 0.29) is 18.1 Å². The smallest absolute Gasteiger partial charge is 0.411 e. The van der Waals surface area contributed by atoms with E-state index in [4.69, 9.17) is 4.74 Å². The molecule has 1 aromatic heterocycles. The molecule has 8 nitrogen and oxygen atoms in total. The molecule has 3 rings (SSSR count). The first-order chi connectivity index (χ1) is 15.2. The minimum Gasteiger partial charge on any atom is -0.449 e. The van der Waals surface area contributed by atoms with Crippen LogP contribution in [0.1, 0.15) is 22.8 Å². The number of ether oxygens (including phenoxy) is 2. The van der Waals surface area contributed by atoms with Gasteiger partial charge in [-0.1, -0.05) is 12.1 Å². The number of nitrogens with zero attached hydrogens (tertiary/aromatic N) is 4. The van der Waals surface area contributed by atoms with Crippen molar-refractivity contribution < 1.29 is 32.2 Å². The molecule has 2 heterocycles. The third-order valence-corrected chi connectivity index (χ3v) is 4.78. The number of anilines is 1. The molecule has 1 saturated heterocycles. The molecule has 2 aromatic rings. The quantitative estimate of drug-likeness (QED) is 0.597. The lowest BCUT2D eigenvalue weighted by molar-refractivity contribution is -0.176. The predicted molar refractivity (Wildman–Crippen MR) is 108 cm³/mol. The number of amides is 1. The number of hydrogen-bond acceptors (Lipinski definition) is 7. The molecule has 1 atom stereocenters. The van der Waals surface area contributed by atoms with Crippen molar-refractivity contribution in [2.45, 2.75) is 25.8 Å². The van der Waals surface area contributed by atoms with Crippen molar-refractivity contribution in [1.29, 1.82) is 0 Å². The molecule has 1 fully saturated rings. The van der Waals surface area contributed by atoms with Crippen molar-refractivity contribution in [3.8, 4) is 0 Å². The fraction of sp³-hybridized carbons (Fsp3) is 0.429. The van der Waals surface area contributed by atoms with Crippen LogP contribution in [-0.4, -0.2) is 71.8 Å². The molecule has 1 aliphatic heterocycles. The van der Waals surface area contributed by atoms with Crippen molar-refractivity contribution in [3.05, 3.63) is 53.9 Å². The van der Waals surface area contributed by atoms with Gasteiger partial charge in [-0.25, -0.2) is 14.8 Å². The Labute approximate surface area is 183 Å². The van der Waals surface area contributed by atoms with Gasteiger partial charge >= 0.3 is 12.1 Å². The van der Waals surface area contributed by atoms with Crippen molar-refractivity contribution in [3.63, 3.8) is 0 Å². The van der Waals surface area contributed by atoms with Crippen LogP contribution in [0.25, 0.3) is 0 Å². The van der Waals surface area contributed by atoms with Crippen LogP contribution in [-0.2, 0) is 20.9 Å². The Hall–Kier alpha value is -3.21.